The molecule has 0 bridgehead atoms. The van der Waals surface area contributed by atoms with Gasteiger partial charge in [-0.05, 0) is 50.5 Å². The maximum atomic E-state index is 15.1. The van der Waals surface area contributed by atoms with Crippen LogP contribution in [-0.2, 0) is 13.0 Å². The van der Waals surface area contributed by atoms with Gasteiger partial charge in [0.1, 0.15) is 28.9 Å². The maximum absolute atomic E-state index is 15.1. The molecule has 2 heterocycles. The highest BCUT2D eigenvalue weighted by atomic mass is 19.4. The lowest BCUT2D eigenvalue weighted by Crippen LogP contribution is -2.32. The number of hydrogen-bond acceptors (Lipinski definition) is 4. The van der Waals surface area contributed by atoms with Crippen molar-refractivity contribution >= 4 is 11.6 Å². The van der Waals surface area contributed by atoms with E-state index in [1.165, 1.54) is 16.7 Å². The molecule has 3 aromatic rings. The van der Waals surface area contributed by atoms with E-state index in [0.717, 1.165) is 36.6 Å². The number of carbonyl (C=O) groups is 1. The number of aromatic nitrogens is 3. The first-order valence-electron chi connectivity index (χ1n) is 10.8. The van der Waals surface area contributed by atoms with Crippen LogP contribution < -0.4 is 15.7 Å². The van der Waals surface area contributed by atoms with Crippen LogP contribution >= 0.6 is 0 Å². The summed E-state index contributed by atoms with van der Waals surface area (Å²) in [7, 11) is 0. The Kier molecular flexibility index (Phi) is 6.39. The monoisotopic (exact) mass is 496 g/mol. The third-order valence-corrected chi connectivity index (χ3v) is 5.71. The number of aryl methyl sites for hydroxylation is 2. The van der Waals surface area contributed by atoms with Crippen molar-refractivity contribution in [3.8, 4) is 11.4 Å². The number of fused-ring (bicyclic) bond motifs is 1. The van der Waals surface area contributed by atoms with Gasteiger partial charge in [0.2, 0.25) is 0 Å². The van der Waals surface area contributed by atoms with Gasteiger partial charge in [0, 0.05) is 24.7 Å². The minimum absolute atomic E-state index is 0.0484. The molecule has 0 spiro atoms. The molecule has 1 aromatic heterocycles. The summed E-state index contributed by atoms with van der Waals surface area (Å²) in [5.41, 5.74) is -1.16. The summed E-state index contributed by atoms with van der Waals surface area (Å²) in [5.74, 6) is -2.94. The van der Waals surface area contributed by atoms with Crippen molar-refractivity contribution in [2.24, 2.45) is 0 Å². The molecule has 0 saturated heterocycles. The van der Waals surface area contributed by atoms with E-state index in [0.29, 0.717) is 30.4 Å². The Morgan fingerprint density at radius 2 is 1.91 bits per heavy atom. The summed E-state index contributed by atoms with van der Waals surface area (Å²) in [6.07, 6.45) is -5.13. The Morgan fingerprint density at radius 1 is 1.17 bits per heavy atom. The zero-order valence-electron chi connectivity index (χ0n) is 18.7. The summed E-state index contributed by atoms with van der Waals surface area (Å²) in [4.78, 5) is 25.7. The van der Waals surface area contributed by atoms with Gasteiger partial charge in [0.15, 0.2) is 6.10 Å². The van der Waals surface area contributed by atoms with Gasteiger partial charge in [-0.15, -0.1) is 5.10 Å². The molecule has 4 rings (SSSR count). The number of carbonyl (C=O) groups excluding carboxylic acids is 1. The molecular formula is C23H21F5N4O3. The number of alkyl halides is 3. The molecule has 1 aliphatic rings. The van der Waals surface area contributed by atoms with Crippen LogP contribution in [0.3, 0.4) is 0 Å². The Labute approximate surface area is 196 Å². The van der Waals surface area contributed by atoms with E-state index < -0.39 is 52.5 Å². The van der Waals surface area contributed by atoms with Gasteiger partial charge in [0.05, 0.1) is 5.56 Å². The highest BCUT2D eigenvalue weighted by Gasteiger charge is 2.39. The van der Waals surface area contributed by atoms with Crippen molar-refractivity contribution in [3.05, 3.63) is 69.4 Å². The summed E-state index contributed by atoms with van der Waals surface area (Å²) < 4.78 is 75.6. The van der Waals surface area contributed by atoms with Crippen molar-refractivity contribution in [1.82, 2.24) is 14.3 Å². The molecule has 1 N–H and O–H groups in total. The van der Waals surface area contributed by atoms with Crippen LogP contribution in [0.15, 0.2) is 35.1 Å². The predicted molar refractivity (Wildman–Crippen MR) is 116 cm³/mol. The first-order chi connectivity index (χ1) is 16.5. The maximum Gasteiger partial charge on any atom is 0.425 e. The van der Waals surface area contributed by atoms with Crippen LogP contribution in [0.4, 0.5) is 27.6 Å². The molecule has 1 aliphatic heterocycles. The van der Waals surface area contributed by atoms with E-state index in [4.69, 9.17) is 4.74 Å². The predicted octanol–water partition coefficient (Wildman–Crippen LogP) is 4.54. The standard InChI is InChI=1S/C23H21F5N4O3/c1-12-6-7-14(24)9-17(12)29-21(33)15-10-16(25)18(11-19(15)35-13(2)23(26,27)28)32-22(34)31-8-4-3-5-20(31)30-32/h6-7,9-11,13H,3-5,8H2,1-2H3,(H,29,33)/t13-/m0/s1. The second-order valence-corrected chi connectivity index (χ2v) is 8.23. The zero-order chi connectivity index (χ0) is 25.5. The molecule has 1 atom stereocenters. The van der Waals surface area contributed by atoms with E-state index in [2.05, 4.69) is 10.4 Å². The first-order valence-corrected chi connectivity index (χ1v) is 10.8. The lowest BCUT2D eigenvalue weighted by Gasteiger charge is -2.20. The van der Waals surface area contributed by atoms with Crippen LogP contribution in [0, 0.1) is 18.6 Å². The SMILES string of the molecule is Cc1ccc(F)cc1NC(=O)c1cc(F)c(-n2nc3n(c2=O)CCCC3)cc1O[C@@H](C)C(F)(F)F. The number of anilines is 1. The molecule has 0 unspecified atom stereocenters. The fourth-order valence-electron chi connectivity index (χ4n) is 3.71. The lowest BCUT2D eigenvalue weighted by atomic mass is 10.1. The van der Waals surface area contributed by atoms with Crippen LogP contribution in [-0.4, -0.2) is 32.5 Å². The highest BCUT2D eigenvalue weighted by molar-refractivity contribution is 6.06. The number of ether oxygens (including phenoxy) is 1. The average molecular weight is 496 g/mol. The Balaban J connectivity index is 1.80. The van der Waals surface area contributed by atoms with Gasteiger partial charge in [-0.2, -0.15) is 17.9 Å². The topological polar surface area (TPSA) is 78.2 Å². The van der Waals surface area contributed by atoms with Crippen molar-refractivity contribution in [3.63, 3.8) is 0 Å². The molecule has 1 amide bonds. The Morgan fingerprint density at radius 3 is 2.60 bits per heavy atom. The number of rotatable bonds is 5. The number of hydrogen-bond donors (Lipinski definition) is 1. The smallest absolute Gasteiger partial charge is 0.425 e. The highest BCUT2D eigenvalue weighted by Crippen LogP contribution is 2.31. The van der Waals surface area contributed by atoms with E-state index in [1.54, 1.807) is 6.92 Å². The zero-order valence-corrected chi connectivity index (χ0v) is 18.7. The van der Waals surface area contributed by atoms with Gasteiger partial charge >= 0.3 is 11.9 Å². The number of nitrogens with zero attached hydrogens (tertiary/aromatic N) is 3. The van der Waals surface area contributed by atoms with Gasteiger partial charge in [-0.3, -0.25) is 9.36 Å². The number of nitrogens with one attached hydrogen (secondary N) is 1. The van der Waals surface area contributed by atoms with Crippen LogP contribution in [0.2, 0.25) is 0 Å². The molecule has 2 aromatic carbocycles. The van der Waals surface area contributed by atoms with Gasteiger partial charge < -0.3 is 10.1 Å². The average Bonchev–Trinajstić information content (AvgIpc) is 3.13. The minimum atomic E-state index is -4.79. The summed E-state index contributed by atoms with van der Waals surface area (Å²) >= 11 is 0. The van der Waals surface area contributed by atoms with Crippen LogP contribution in [0.5, 0.6) is 5.75 Å². The third kappa shape index (κ3) is 4.91. The van der Waals surface area contributed by atoms with Crippen molar-refractivity contribution in [2.75, 3.05) is 5.32 Å². The fourth-order valence-corrected chi connectivity index (χ4v) is 3.71. The van der Waals surface area contributed by atoms with Gasteiger partial charge in [-0.25, -0.2) is 13.6 Å². The Bertz CT molecular complexity index is 1350. The minimum Gasteiger partial charge on any atom is -0.480 e. The lowest BCUT2D eigenvalue weighted by molar-refractivity contribution is -0.189. The fraction of sp³-hybridized carbons (Fsp3) is 0.348. The molecule has 186 valence electrons. The second-order valence-electron chi connectivity index (χ2n) is 8.23. The molecular weight excluding hydrogens is 475 g/mol. The summed E-state index contributed by atoms with van der Waals surface area (Å²) in [6, 6.07) is 5.09. The molecule has 0 aliphatic carbocycles. The Hall–Kier alpha value is -3.70. The summed E-state index contributed by atoms with van der Waals surface area (Å²) in [6.45, 7) is 2.69. The molecule has 0 saturated carbocycles. The van der Waals surface area contributed by atoms with Crippen LogP contribution in [0.25, 0.3) is 5.69 Å². The molecule has 35 heavy (non-hydrogen) atoms. The van der Waals surface area contributed by atoms with E-state index in [1.807, 2.05) is 0 Å². The van der Waals surface area contributed by atoms with Crippen molar-refractivity contribution in [2.45, 2.75) is 51.9 Å². The number of halogens is 5. The quantitative estimate of drug-likeness (QED) is 0.527. The van der Waals surface area contributed by atoms with Crippen molar-refractivity contribution < 1.29 is 31.5 Å². The van der Waals surface area contributed by atoms with Gasteiger partial charge in [0.25, 0.3) is 5.91 Å². The second kappa shape index (κ2) is 9.16. The van der Waals surface area contributed by atoms with E-state index in [9.17, 15) is 27.2 Å². The van der Waals surface area contributed by atoms with E-state index in [-0.39, 0.29) is 5.69 Å². The molecule has 0 radical (unpaired) electrons. The number of amides is 1. The third-order valence-electron chi connectivity index (χ3n) is 5.71. The van der Waals surface area contributed by atoms with E-state index >= 15 is 4.39 Å². The largest absolute Gasteiger partial charge is 0.480 e. The molecule has 0 fully saturated rings. The summed E-state index contributed by atoms with van der Waals surface area (Å²) in [5, 5.41) is 6.48. The first kappa shape index (κ1) is 24.4. The molecule has 12 heteroatoms. The van der Waals surface area contributed by atoms with Crippen molar-refractivity contribution in [1.29, 1.82) is 0 Å². The van der Waals surface area contributed by atoms with Gasteiger partial charge in [-0.1, -0.05) is 6.07 Å². The normalized spacial score (nSPS) is 14.4. The van der Waals surface area contributed by atoms with Crippen LogP contribution in [0.1, 0.15) is 41.5 Å². The molecule has 7 nitrogen and oxygen atoms in total. The number of benzene rings is 2.